The number of ether oxygens (including phenoxy) is 1. The molecule has 0 unspecified atom stereocenters. The summed E-state index contributed by atoms with van der Waals surface area (Å²) in [6, 6.07) is 8.78. The highest BCUT2D eigenvalue weighted by atomic mass is 79.9. The van der Waals surface area contributed by atoms with E-state index in [1.807, 2.05) is 0 Å². The first-order chi connectivity index (χ1) is 9.95. The third-order valence-corrected chi connectivity index (χ3v) is 3.38. The number of carbonyl (C=O) groups is 1. The average molecular weight is 372 g/mol. The number of hydrogen-bond acceptors (Lipinski definition) is 2. The molecule has 108 valence electrons. The maximum atomic E-state index is 13.3. The first-order valence-corrected chi connectivity index (χ1v) is 6.96. The molecular weight excluding hydrogens is 363 g/mol. The van der Waals surface area contributed by atoms with Gasteiger partial charge < -0.3 is 9.84 Å². The SMILES string of the molecule is O=C(O)/C=C/c1ccc(Cl)cc1Oc1cc(F)ccc1Br. The highest BCUT2D eigenvalue weighted by Gasteiger charge is 2.08. The quantitative estimate of drug-likeness (QED) is 0.758. The second kappa shape index (κ2) is 6.74. The lowest BCUT2D eigenvalue weighted by Gasteiger charge is -2.11. The van der Waals surface area contributed by atoms with Gasteiger partial charge in [0.05, 0.1) is 4.47 Å². The van der Waals surface area contributed by atoms with Gasteiger partial charge in [-0.3, -0.25) is 0 Å². The number of halogens is 3. The van der Waals surface area contributed by atoms with Crippen LogP contribution in [0, 0.1) is 5.82 Å². The normalized spacial score (nSPS) is 10.8. The van der Waals surface area contributed by atoms with E-state index in [0.29, 0.717) is 20.8 Å². The highest BCUT2D eigenvalue weighted by Crippen LogP contribution is 2.34. The van der Waals surface area contributed by atoms with Gasteiger partial charge in [-0.1, -0.05) is 11.6 Å². The summed E-state index contributed by atoms with van der Waals surface area (Å²) >= 11 is 9.17. The van der Waals surface area contributed by atoms with Crippen LogP contribution in [0.4, 0.5) is 4.39 Å². The Balaban J connectivity index is 2.40. The summed E-state index contributed by atoms with van der Waals surface area (Å²) in [5, 5.41) is 9.10. The van der Waals surface area contributed by atoms with Crippen LogP contribution >= 0.6 is 27.5 Å². The molecule has 0 amide bonds. The van der Waals surface area contributed by atoms with Gasteiger partial charge in [0.2, 0.25) is 0 Å². The van der Waals surface area contributed by atoms with E-state index in [1.165, 1.54) is 30.3 Å². The lowest BCUT2D eigenvalue weighted by molar-refractivity contribution is -0.131. The molecule has 2 aromatic rings. The van der Waals surface area contributed by atoms with E-state index in [-0.39, 0.29) is 5.75 Å². The zero-order valence-corrected chi connectivity index (χ0v) is 12.9. The minimum absolute atomic E-state index is 0.266. The van der Waals surface area contributed by atoms with E-state index in [0.717, 1.165) is 6.08 Å². The molecule has 3 nitrogen and oxygen atoms in total. The van der Waals surface area contributed by atoms with Crippen molar-refractivity contribution < 1.29 is 19.0 Å². The van der Waals surface area contributed by atoms with E-state index in [9.17, 15) is 9.18 Å². The maximum Gasteiger partial charge on any atom is 0.328 e. The van der Waals surface area contributed by atoms with Gasteiger partial charge in [0.1, 0.15) is 17.3 Å². The van der Waals surface area contributed by atoms with Crippen LogP contribution in [0.25, 0.3) is 6.08 Å². The first kappa shape index (κ1) is 15.5. The second-order valence-electron chi connectivity index (χ2n) is 4.03. The van der Waals surface area contributed by atoms with Crippen molar-refractivity contribution in [1.29, 1.82) is 0 Å². The Kier molecular flexibility index (Phi) is 4.98. The molecule has 1 N–H and O–H groups in total. The van der Waals surface area contributed by atoms with Gasteiger partial charge in [0.25, 0.3) is 0 Å². The second-order valence-corrected chi connectivity index (χ2v) is 5.32. The van der Waals surface area contributed by atoms with Gasteiger partial charge in [0.15, 0.2) is 0 Å². The zero-order valence-electron chi connectivity index (χ0n) is 10.5. The summed E-state index contributed by atoms with van der Waals surface area (Å²) in [5.74, 6) is -0.936. The molecule has 0 saturated carbocycles. The molecular formula is C15H9BrClFO3. The molecule has 2 rings (SSSR count). The largest absolute Gasteiger partial charge is 0.478 e. The maximum absolute atomic E-state index is 13.3. The van der Waals surface area contributed by atoms with Gasteiger partial charge in [-0.25, -0.2) is 9.18 Å². The number of rotatable bonds is 4. The molecule has 0 radical (unpaired) electrons. The minimum atomic E-state index is -1.08. The average Bonchev–Trinajstić information content (AvgIpc) is 2.42. The Hall–Kier alpha value is -1.85. The van der Waals surface area contributed by atoms with Crippen molar-refractivity contribution in [2.24, 2.45) is 0 Å². The fourth-order valence-corrected chi connectivity index (χ4v) is 2.06. The zero-order chi connectivity index (χ0) is 15.4. The number of hydrogen-bond donors (Lipinski definition) is 1. The topological polar surface area (TPSA) is 46.5 Å². The van der Waals surface area contributed by atoms with Crippen molar-refractivity contribution in [3.05, 3.63) is 63.4 Å². The predicted molar refractivity (Wildman–Crippen MR) is 82.3 cm³/mol. The smallest absolute Gasteiger partial charge is 0.328 e. The van der Waals surface area contributed by atoms with Crippen LogP contribution in [-0.2, 0) is 4.79 Å². The summed E-state index contributed by atoms with van der Waals surface area (Å²) in [6.07, 6.45) is 2.36. The molecule has 21 heavy (non-hydrogen) atoms. The van der Waals surface area contributed by atoms with Gasteiger partial charge >= 0.3 is 5.97 Å². The van der Waals surface area contributed by atoms with Crippen molar-refractivity contribution >= 4 is 39.6 Å². The molecule has 0 bridgehead atoms. The van der Waals surface area contributed by atoms with E-state index < -0.39 is 11.8 Å². The number of benzene rings is 2. The monoisotopic (exact) mass is 370 g/mol. The first-order valence-electron chi connectivity index (χ1n) is 5.79. The summed E-state index contributed by atoms with van der Waals surface area (Å²) in [5.41, 5.74) is 0.512. The molecule has 0 aliphatic carbocycles. The standard InChI is InChI=1S/C15H9BrClFO3/c16-12-5-4-11(18)8-14(12)21-13-7-10(17)3-1-9(13)2-6-15(19)20/h1-8H,(H,19,20)/b6-2+. The number of carboxylic acid groups (broad SMARTS) is 1. The number of carboxylic acids is 1. The van der Waals surface area contributed by atoms with Crippen LogP contribution in [0.1, 0.15) is 5.56 Å². The van der Waals surface area contributed by atoms with Crippen LogP contribution in [0.5, 0.6) is 11.5 Å². The highest BCUT2D eigenvalue weighted by molar-refractivity contribution is 9.10. The van der Waals surface area contributed by atoms with E-state index in [1.54, 1.807) is 12.1 Å². The molecule has 0 aliphatic rings. The van der Waals surface area contributed by atoms with Gasteiger partial charge in [-0.2, -0.15) is 0 Å². The molecule has 0 aliphatic heterocycles. The van der Waals surface area contributed by atoms with Crippen LogP contribution in [-0.4, -0.2) is 11.1 Å². The number of aliphatic carboxylic acids is 1. The van der Waals surface area contributed by atoms with Crippen LogP contribution < -0.4 is 4.74 Å². The fourth-order valence-electron chi connectivity index (χ4n) is 1.57. The molecule has 0 fully saturated rings. The van der Waals surface area contributed by atoms with Crippen molar-refractivity contribution in [2.75, 3.05) is 0 Å². The van der Waals surface area contributed by atoms with Crippen LogP contribution in [0.3, 0.4) is 0 Å². The van der Waals surface area contributed by atoms with Gasteiger partial charge in [-0.05, 0) is 46.3 Å². The van der Waals surface area contributed by atoms with Crippen LogP contribution in [0.15, 0.2) is 46.9 Å². The Labute approximate surface area is 133 Å². The summed E-state index contributed by atoms with van der Waals surface area (Å²) in [6.45, 7) is 0. The van der Waals surface area contributed by atoms with Crippen LogP contribution in [0.2, 0.25) is 5.02 Å². The van der Waals surface area contributed by atoms with Crippen molar-refractivity contribution in [3.63, 3.8) is 0 Å². The Morgan fingerprint density at radius 3 is 2.71 bits per heavy atom. The predicted octanol–water partition coefficient (Wildman–Crippen LogP) is 5.13. The Bertz CT molecular complexity index is 716. The summed E-state index contributed by atoms with van der Waals surface area (Å²) in [7, 11) is 0. The van der Waals surface area contributed by atoms with Crippen molar-refractivity contribution in [1.82, 2.24) is 0 Å². The molecule has 6 heteroatoms. The van der Waals surface area contributed by atoms with E-state index >= 15 is 0 Å². The molecule has 2 aromatic carbocycles. The third-order valence-electron chi connectivity index (χ3n) is 2.49. The molecule has 0 heterocycles. The molecule has 0 atom stereocenters. The lowest BCUT2D eigenvalue weighted by Crippen LogP contribution is -1.91. The van der Waals surface area contributed by atoms with E-state index in [4.69, 9.17) is 21.4 Å². The van der Waals surface area contributed by atoms with Gasteiger partial charge in [-0.15, -0.1) is 0 Å². The molecule has 0 spiro atoms. The van der Waals surface area contributed by atoms with Crippen molar-refractivity contribution in [3.8, 4) is 11.5 Å². The Morgan fingerprint density at radius 1 is 1.24 bits per heavy atom. The summed E-state index contributed by atoms with van der Waals surface area (Å²) < 4.78 is 19.5. The summed E-state index contributed by atoms with van der Waals surface area (Å²) in [4.78, 5) is 10.6. The third kappa shape index (κ3) is 4.31. The molecule has 0 saturated heterocycles. The van der Waals surface area contributed by atoms with E-state index in [2.05, 4.69) is 15.9 Å². The van der Waals surface area contributed by atoms with Crippen molar-refractivity contribution in [2.45, 2.75) is 0 Å². The molecule has 0 aromatic heterocycles. The van der Waals surface area contributed by atoms with Gasteiger partial charge in [0, 0.05) is 28.8 Å². The lowest BCUT2D eigenvalue weighted by atomic mass is 10.2. The fraction of sp³-hybridized carbons (Fsp3) is 0. The Morgan fingerprint density at radius 2 is 2.00 bits per heavy atom. The minimum Gasteiger partial charge on any atom is -0.478 e.